The molecule has 19 heavy (non-hydrogen) atoms. The van der Waals surface area contributed by atoms with Crippen molar-refractivity contribution in [2.24, 2.45) is 0 Å². The van der Waals surface area contributed by atoms with Gasteiger partial charge >= 0.3 is 5.97 Å². The minimum Gasteiger partial charge on any atom is -0.477 e. The molecule has 0 fully saturated rings. The van der Waals surface area contributed by atoms with Crippen molar-refractivity contribution in [2.75, 3.05) is 6.54 Å². The Kier molecular flexibility index (Phi) is 3.65. The van der Waals surface area contributed by atoms with Crippen molar-refractivity contribution in [3.63, 3.8) is 0 Å². The van der Waals surface area contributed by atoms with Crippen LogP contribution in [0.2, 0.25) is 0 Å². The van der Waals surface area contributed by atoms with E-state index in [1.165, 1.54) is 17.5 Å². The standard InChI is InChI=1S/C12H13N3O4/c1-2-15(6-8-4-3-5-19-8)11(16)9-10(12(17)18)14-7-13-9/h3-5,7H,2,6H2,1H3,(H,13,14)(H,17,18). The van der Waals surface area contributed by atoms with Crippen LogP contribution in [0.15, 0.2) is 29.1 Å². The van der Waals surface area contributed by atoms with Gasteiger partial charge in [0.2, 0.25) is 0 Å². The van der Waals surface area contributed by atoms with E-state index in [1.807, 2.05) is 0 Å². The summed E-state index contributed by atoms with van der Waals surface area (Å²) in [7, 11) is 0. The van der Waals surface area contributed by atoms with E-state index in [2.05, 4.69) is 9.97 Å². The molecule has 0 saturated heterocycles. The highest BCUT2D eigenvalue weighted by Crippen LogP contribution is 2.11. The van der Waals surface area contributed by atoms with Gasteiger partial charge in [-0.05, 0) is 19.1 Å². The lowest BCUT2D eigenvalue weighted by Crippen LogP contribution is -2.31. The Bertz CT molecular complexity index is 574. The maximum Gasteiger partial charge on any atom is 0.354 e. The molecule has 2 N–H and O–H groups in total. The molecular weight excluding hydrogens is 250 g/mol. The number of furan rings is 1. The number of aromatic carboxylic acids is 1. The van der Waals surface area contributed by atoms with E-state index in [4.69, 9.17) is 9.52 Å². The normalized spacial score (nSPS) is 10.4. The van der Waals surface area contributed by atoms with Gasteiger partial charge in [-0.1, -0.05) is 0 Å². The van der Waals surface area contributed by atoms with Crippen LogP contribution in [0.3, 0.4) is 0 Å². The van der Waals surface area contributed by atoms with Gasteiger partial charge in [0.1, 0.15) is 5.76 Å². The topological polar surface area (TPSA) is 99.4 Å². The molecule has 2 rings (SSSR count). The summed E-state index contributed by atoms with van der Waals surface area (Å²) in [6.07, 6.45) is 2.71. The Hall–Kier alpha value is -2.57. The molecule has 0 bridgehead atoms. The lowest BCUT2D eigenvalue weighted by atomic mass is 10.2. The third-order valence-corrected chi connectivity index (χ3v) is 2.65. The van der Waals surface area contributed by atoms with Crippen molar-refractivity contribution in [2.45, 2.75) is 13.5 Å². The van der Waals surface area contributed by atoms with Crippen molar-refractivity contribution in [1.29, 1.82) is 0 Å². The summed E-state index contributed by atoms with van der Waals surface area (Å²) >= 11 is 0. The van der Waals surface area contributed by atoms with Crippen LogP contribution in [0.4, 0.5) is 0 Å². The molecule has 0 saturated carbocycles. The van der Waals surface area contributed by atoms with Gasteiger partial charge in [0.05, 0.1) is 19.1 Å². The summed E-state index contributed by atoms with van der Waals surface area (Å²) in [5.41, 5.74) is -0.302. The van der Waals surface area contributed by atoms with Gasteiger partial charge in [0.25, 0.3) is 5.91 Å². The third-order valence-electron chi connectivity index (χ3n) is 2.65. The SMILES string of the molecule is CCN(Cc1ccco1)C(=O)c1nc[nH]c1C(=O)O. The first-order chi connectivity index (χ1) is 9.13. The molecule has 2 aromatic rings. The van der Waals surface area contributed by atoms with Crippen LogP contribution in [-0.4, -0.2) is 38.4 Å². The van der Waals surface area contributed by atoms with Gasteiger partial charge in [-0.3, -0.25) is 4.79 Å². The van der Waals surface area contributed by atoms with Gasteiger partial charge in [0, 0.05) is 6.54 Å². The number of aromatic amines is 1. The number of carboxylic acids is 1. The number of H-pyrrole nitrogens is 1. The van der Waals surface area contributed by atoms with Gasteiger partial charge < -0.3 is 19.4 Å². The fourth-order valence-corrected chi connectivity index (χ4v) is 1.69. The number of hydrogen-bond donors (Lipinski definition) is 2. The molecule has 0 aliphatic carbocycles. The average Bonchev–Trinajstić information content (AvgIpc) is 3.05. The Morgan fingerprint density at radius 3 is 2.89 bits per heavy atom. The maximum absolute atomic E-state index is 12.2. The smallest absolute Gasteiger partial charge is 0.354 e. The zero-order valence-corrected chi connectivity index (χ0v) is 10.3. The van der Waals surface area contributed by atoms with E-state index in [9.17, 15) is 9.59 Å². The van der Waals surface area contributed by atoms with E-state index in [0.717, 1.165) is 0 Å². The molecule has 0 aromatic carbocycles. The molecule has 0 atom stereocenters. The number of amides is 1. The molecule has 2 heterocycles. The fraction of sp³-hybridized carbons (Fsp3) is 0.250. The van der Waals surface area contributed by atoms with Crippen molar-refractivity contribution in [3.8, 4) is 0 Å². The van der Waals surface area contributed by atoms with Crippen LogP contribution in [0.1, 0.15) is 33.7 Å². The zero-order chi connectivity index (χ0) is 13.8. The summed E-state index contributed by atoms with van der Waals surface area (Å²) < 4.78 is 5.17. The Morgan fingerprint density at radius 2 is 2.32 bits per heavy atom. The van der Waals surface area contributed by atoms with Crippen LogP contribution in [0.5, 0.6) is 0 Å². The first-order valence-corrected chi connectivity index (χ1v) is 5.71. The molecule has 1 amide bonds. The van der Waals surface area contributed by atoms with Crippen LogP contribution in [-0.2, 0) is 6.54 Å². The number of hydrogen-bond acceptors (Lipinski definition) is 4. The Morgan fingerprint density at radius 1 is 1.53 bits per heavy atom. The lowest BCUT2D eigenvalue weighted by molar-refractivity contribution is 0.0665. The number of carbonyl (C=O) groups is 2. The monoisotopic (exact) mass is 263 g/mol. The third kappa shape index (κ3) is 2.65. The fourth-order valence-electron chi connectivity index (χ4n) is 1.69. The Labute approximate surface area is 108 Å². The van der Waals surface area contributed by atoms with Crippen molar-refractivity contribution in [1.82, 2.24) is 14.9 Å². The molecule has 7 heteroatoms. The molecule has 0 aliphatic heterocycles. The van der Waals surface area contributed by atoms with Crippen LogP contribution in [0, 0.1) is 0 Å². The predicted octanol–water partition coefficient (Wildman–Crippen LogP) is 1.36. The van der Waals surface area contributed by atoms with Gasteiger partial charge in [-0.15, -0.1) is 0 Å². The number of aromatic nitrogens is 2. The van der Waals surface area contributed by atoms with Crippen molar-refractivity contribution in [3.05, 3.63) is 41.9 Å². The maximum atomic E-state index is 12.2. The van der Waals surface area contributed by atoms with E-state index in [1.54, 1.807) is 19.1 Å². The average molecular weight is 263 g/mol. The molecule has 0 spiro atoms. The molecule has 0 aliphatic rings. The summed E-state index contributed by atoms with van der Waals surface area (Å²) in [6.45, 7) is 2.49. The minimum atomic E-state index is -1.21. The first-order valence-electron chi connectivity index (χ1n) is 5.71. The molecule has 100 valence electrons. The number of carboxylic acid groups (broad SMARTS) is 1. The van der Waals surface area contributed by atoms with Crippen LogP contribution >= 0.6 is 0 Å². The number of nitrogens with one attached hydrogen (secondary N) is 1. The number of rotatable bonds is 5. The van der Waals surface area contributed by atoms with Crippen molar-refractivity contribution >= 4 is 11.9 Å². The zero-order valence-electron chi connectivity index (χ0n) is 10.3. The quantitative estimate of drug-likeness (QED) is 0.848. The molecule has 0 radical (unpaired) electrons. The number of carbonyl (C=O) groups excluding carboxylic acids is 1. The van der Waals surface area contributed by atoms with E-state index in [-0.39, 0.29) is 17.9 Å². The highest BCUT2D eigenvalue weighted by molar-refractivity contribution is 6.02. The second kappa shape index (κ2) is 5.38. The van der Waals surface area contributed by atoms with E-state index in [0.29, 0.717) is 12.3 Å². The van der Waals surface area contributed by atoms with Crippen molar-refractivity contribution < 1.29 is 19.1 Å². The molecular formula is C12H13N3O4. The Balaban J connectivity index is 2.21. The lowest BCUT2D eigenvalue weighted by Gasteiger charge is -2.18. The van der Waals surface area contributed by atoms with Gasteiger partial charge in [-0.2, -0.15) is 0 Å². The second-order valence-corrected chi connectivity index (χ2v) is 3.83. The van der Waals surface area contributed by atoms with Gasteiger partial charge in [0.15, 0.2) is 11.4 Å². The minimum absolute atomic E-state index is 0.0964. The largest absolute Gasteiger partial charge is 0.477 e. The molecule has 0 unspecified atom stereocenters. The predicted molar refractivity (Wildman–Crippen MR) is 64.7 cm³/mol. The highest BCUT2D eigenvalue weighted by atomic mass is 16.4. The van der Waals surface area contributed by atoms with Crippen LogP contribution in [0.25, 0.3) is 0 Å². The first kappa shape index (κ1) is 12.9. The summed E-state index contributed by atoms with van der Waals surface area (Å²) in [4.78, 5) is 30.9. The molecule has 7 nitrogen and oxygen atoms in total. The summed E-state index contributed by atoms with van der Waals surface area (Å²) in [5, 5.41) is 8.95. The summed E-state index contributed by atoms with van der Waals surface area (Å²) in [5.74, 6) is -1.03. The summed E-state index contributed by atoms with van der Waals surface area (Å²) in [6, 6.07) is 3.48. The van der Waals surface area contributed by atoms with E-state index < -0.39 is 11.9 Å². The molecule has 2 aromatic heterocycles. The number of imidazole rings is 1. The second-order valence-electron chi connectivity index (χ2n) is 3.83. The van der Waals surface area contributed by atoms with Crippen LogP contribution < -0.4 is 0 Å². The van der Waals surface area contributed by atoms with E-state index >= 15 is 0 Å². The number of nitrogens with zero attached hydrogens (tertiary/aromatic N) is 2. The van der Waals surface area contributed by atoms with Gasteiger partial charge in [-0.25, -0.2) is 9.78 Å². The highest BCUT2D eigenvalue weighted by Gasteiger charge is 2.24.